The lowest BCUT2D eigenvalue weighted by atomic mass is 10.1. The normalized spacial score (nSPS) is 18.1. The highest BCUT2D eigenvalue weighted by atomic mass is 32.2. The second kappa shape index (κ2) is 5.21. The highest BCUT2D eigenvalue weighted by Crippen LogP contribution is 2.20. The fourth-order valence-electron chi connectivity index (χ4n) is 2.14. The van der Waals surface area contributed by atoms with Gasteiger partial charge in [0.2, 0.25) is 0 Å². The van der Waals surface area contributed by atoms with Crippen LogP contribution in [0.3, 0.4) is 0 Å². The summed E-state index contributed by atoms with van der Waals surface area (Å²) in [4.78, 5) is 14.0. The first-order valence-electron chi connectivity index (χ1n) is 6.21. The first-order valence-corrected chi connectivity index (χ1v) is 8.03. The van der Waals surface area contributed by atoms with E-state index in [2.05, 4.69) is 5.32 Å². The van der Waals surface area contributed by atoms with Crippen molar-refractivity contribution in [2.45, 2.75) is 6.92 Å². The van der Waals surface area contributed by atoms with Gasteiger partial charge in [0.05, 0.1) is 17.1 Å². The van der Waals surface area contributed by atoms with E-state index in [1.54, 1.807) is 11.9 Å². The number of hydrogen-bond donors (Lipinski definition) is 1. The Morgan fingerprint density at radius 2 is 1.89 bits per heavy atom. The molecule has 1 aromatic carbocycles. The van der Waals surface area contributed by atoms with Crippen LogP contribution in [0.1, 0.15) is 15.9 Å². The van der Waals surface area contributed by atoms with Crippen molar-refractivity contribution in [1.82, 2.24) is 4.90 Å². The fraction of sp³-hybridized carbons (Fsp3) is 0.462. The van der Waals surface area contributed by atoms with Crippen molar-refractivity contribution in [2.24, 2.45) is 0 Å². The van der Waals surface area contributed by atoms with Gasteiger partial charge in [-0.3, -0.25) is 4.79 Å². The molecule has 0 radical (unpaired) electrons. The van der Waals surface area contributed by atoms with Gasteiger partial charge in [0.15, 0.2) is 9.84 Å². The minimum Gasteiger partial charge on any atom is -0.387 e. The van der Waals surface area contributed by atoms with E-state index in [1.165, 1.54) is 0 Å². The SMILES string of the molecule is CNc1ccc(C)cc1C(=O)N1CCS(=O)(=O)CC1. The summed E-state index contributed by atoms with van der Waals surface area (Å²) in [7, 11) is -1.20. The number of rotatable bonds is 2. The van der Waals surface area contributed by atoms with Gasteiger partial charge in [-0.2, -0.15) is 0 Å². The Morgan fingerprint density at radius 3 is 2.47 bits per heavy atom. The zero-order valence-corrected chi connectivity index (χ0v) is 12.0. The second-order valence-electron chi connectivity index (χ2n) is 4.74. The number of anilines is 1. The molecule has 0 bridgehead atoms. The molecule has 0 atom stereocenters. The van der Waals surface area contributed by atoms with Gasteiger partial charge >= 0.3 is 0 Å². The van der Waals surface area contributed by atoms with Gasteiger partial charge in [-0.15, -0.1) is 0 Å². The highest BCUT2D eigenvalue weighted by Gasteiger charge is 2.26. The van der Waals surface area contributed by atoms with Crippen LogP contribution in [0.15, 0.2) is 18.2 Å². The summed E-state index contributed by atoms with van der Waals surface area (Å²) in [6.07, 6.45) is 0. The second-order valence-corrected chi connectivity index (χ2v) is 7.05. The molecule has 0 spiro atoms. The molecule has 1 amide bonds. The Bertz CT molecular complexity index is 582. The minimum atomic E-state index is -2.96. The van der Waals surface area contributed by atoms with Crippen LogP contribution in [0.25, 0.3) is 0 Å². The molecule has 104 valence electrons. The predicted octanol–water partition coefficient (Wildman–Crippen LogP) is 0.907. The van der Waals surface area contributed by atoms with E-state index in [4.69, 9.17) is 0 Å². The number of carbonyl (C=O) groups excluding carboxylic acids is 1. The van der Waals surface area contributed by atoms with E-state index < -0.39 is 9.84 Å². The van der Waals surface area contributed by atoms with Crippen molar-refractivity contribution >= 4 is 21.4 Å². The van der Waals surface area contributed by atoms with Crippen molar-refractivity contribution in [3.05, 3.63) is 29.3 Å². The molecule has 1 aromatic rings. The van der Waals surface area contributed by atoms with Crippen molar-refractivity contribution < 1.29 is 13.2 Å². The molecule has 6 heteroatoms. The molecule has 2 rings (SSSR count). The van der Waals surface area contributed by atoms with Crippen LogP contribution in [-0.4, -0.2) is 50.9 Å². The van der Waals surface area contributed by atoms with Gasteiger partial charge in [-0.1, -0.05) is 11.6 Å². The van der Waals surface area contributed by atoms with Crippen molar-refractivity contribution in [3.8, 4) is 0 Å². The van der Waals surface area contributed by atoms with Gasteiger partial charge in [-0.25, -0.2) is 8.42 Å². The maximum Gasteiger partial charge on any atom is 0.256 e. The van der Waals surface area contributed by atoms with E-state index in [0.29, 0.717) is 5.56 Å². The molecule has 5 nitrogen and oxygen atoms in total. The number of benzene rings is 1. The Balaban J connectivity index is 2.23. The number of aryl methyl sites for hydroxylation is 1. The van der Waals surface area contributed by atoms with Gasteiger partial charge < -0.3 is 10.2 Å². The van der Waals surface area contributed by atoms with Crippen molar-refractivity contribution in [3.63, 3.8) is 0 Å². The topological polar surface area (TPSA) is 66.5 Å². The average molecular weight is 282 g/mol. The van der Waals surface area contributed by atoms with Crippen LogP contribution in [0.2, 0.25) is 0 Å². The van der Waals surface area contributed by atoms with Gasteiger partial charge in [0, 0.05) is 25.8 Å². The molecule has 19 heavy (non-hydrogen) atoms. The first kappa shape index (κ1) is 13.9. The zero-order valence-electron chi connectivity index (χ0n) is 11.1. The maximum atomic E-state index is 12.4. The molecule has 0 aromatic heterocycles. The monoisotopic (exact) mass is 282 g/mol. The van der Waals surface area contributed by atoms with Crippen molar-refractivity contribution in [2.75, 3.05) is 37.0 Å². The van der Waals surface area contributed by atoms with Crippen LogP contribution in [0, 0.1) is 6.92 Å². The smallest absolute Gasteiger partial charge is 0.256 e. The lowest BCUT2D eigenvalue weighted by molar-refractivity contribution is 0.0771. The third-order valence-corrected chi connectivity index (χ3v) is 4.92. The minimum absolute atomic E-state index is 0.0550. The summed E-state index contributed by atoms with van der Waals surface area (Å²) in [5.74, 6) is 0.00163. The molecule has 0 saturated carbocycles. The fourth-order valence-corrected chi connectivity index (χ4v) is 3.34. The average Bonchev–Trinajstić information content (AvgIpc) is 2.38. The Hall–Kier alpha value is -1.56. The largest absolute Gasteiger partial charge is 0.387 e. The molecule has 1 N–H and O–H groups in total. The van der Waals surface area contributed by atoms with Crippen LogP contribution < -0.4 is 5.32 Å². The molecule has 1 heterocycles. The number of amides is 1. The number of nitrogens with zero attached hydrogens (tertiary/aromatic N) is 1. The van der Waals surface area contributed by atoms with Gasteiger partial charge in [0.1, 0.15) is 0 Å². The van der Waals surface area contributed by atoms with Crippen LogP contribution in [0.5, 0.6) is 0 Å². The highest BCUT2D eigenvalue weighted by molar-refractivity contribution is 7.91. The van der Waals surface area contributed by atoms with Crippen molar-refractivity contribution in [1.29, 1.82) is 0 Å². The van der Waals surface area contributed by atoms with Gasteiger partial charge in [0.25, 0.3) is 5.91 Å². The van der Waals surface area contributed by atoms with E-state index in [-0.39, 0.29) is 30.5 Å². The summed E-state index contributed by atoms with van der Waals surface area (Å²) >= 11 is 0. The van der Waals surface area contributed by atoms with E-state index >= 15 is 0 Å². The summed E-state index contributed by atoms with van der Waals surface area (Å²) in [5.41, 5.74) is 2.37. The summed E-state index contributed by atoms with van der Waals surface area (Å²) in [6.45, 7) is 2.48. The third kappa shape index (κ3) is 3.07. The molecule has 0 unspecified atom stereocenters. The Morgan fingerprint density at radius 1 is 1.26 bits per heavy atom. The lowest BCUT2D eigenvalue weighted by Gasteiger charge is -2.27. The molecular formula is C13H18N2O3S. The van der Waals surface area contributed by atoms with E-state index in [1.807, 2.05) is 25.1 Å². The van der Waals surface area contributed by atoms with Gasteiger partial charge in [-0.05, 0) is 19.1 Å². The standard InChI is InChI=1S/C13H18N2O3S/c1-10-3-4-12(14-2)11(9-10)13(16)15-5-7-19(17,18)8-6-15/h3-4,9,14H,5-8H2,1-2H3. The lowest BCUT2D eigenvalue weighted by Crippen LogP contribution is -2.43. The first-order chi connectivity index (χ1) is 8.93. The molecule has 1 aliphatic rings. The van der Waals surface area contributed by atoms with E-state index in [0.717, 1.165) is 11.3 Å². The number of nitrogens with one attached hydrogen (secondary N) is 1. The molecule has 0 aliphatic carbocycles. The summed E-state index contributed by atoms with van der Waals surface area (Å²) < 4.78 is 22.8. The number of carbonyl (C=O) groups is 1. The maximum absolute atomic E-state index is 12.4. The van der Waals surface area contributed by atoms with Crippen LogP contribution >= 0.6 is 0 Å². The Kier molecular flexibility index (Phi) is 3.80. The molecule has 1 fully saturated rings. The quantitative estimate of drug-likeness (QED) is 0.875. The number of hydrogen-bond acceptors (Lipinski definition) is 4. The summed E-state index contributed by atoms with van der Waals surface area (Å²) in [5, 5.41) is 2.99. The molecule has 1 aliphatic heterocycles. The zero-order chi connectivity index (χ0) is 14.0. The van der Waals surface area contributed by atoms with Crippen LogP contribution in [0.4, 0.5) is 5.69 Å². The predicted molar refractivity (Wildman–Crippen MR) is 75.3 cm³/mol. The summed E-state index contributed by atoms with van der Waals surface area (Å²) in [6, 6.07) is 5.63. The molecular weight excluding hydrogens is 264 g/mol. The number of sulfone groups is 1. The third-order valence-electron chi connectivity index (χ3n) is 3.31. The Labute approximate surface area is 113 Å². The van der Waals surface area contributed by atoms with E-state index in [9.17, 15) is 13.2 Å². The van der Waals surface area contributed by atoms with Crippen LogP contribution in [-0.2, 0) is 9.84 Å². The molecule has 1 saturated heterocycles.